The fourth-order valence-electron chi connectivity index (χ4n) is 2.41. The first-order valence-corrected chi connectivity index (χ1v) is 6.38. The van der Waals surface area contributed by atoms with Crippen LogP contribution < -0.4 is 5.73 Å². The summed E-state index contributed by atoms with van der Waals surface area (Å²) >= 11 is 0. The van der Waals surface area contributed by atoms with Crippen LogP contribution in [0.1, 0.15) is 11.8 Å². The molecule has 1 aliphatic heterocycles. The summed E-state index contributed by atoms with van der Waals surface area (Å²) in [7, 11) is 2.04. The van der Waals surface area contributed by atoms with Gasteiger partial charge >= 0.3 is 0 Å². The van der Waals surface area contributed by atoms with Crippen LogP contribution in [-0.2, 0) is 4.74 Å². The van der Waals surface area contributed by atoms with Crippen molar-refractivity contribution in [3.8, 4) is 0 Å². The molecule has 2 aromatic rings. The van der Waals surface area contributed by atoms with Crippen molar-refractivity contribution in [3.05, 3.63) is 35.8 Å². The summed E-state index contributed by atoms with van der Waals surface area (Å²) in [5.41, 5.74) is 6.84. The number of hydrogen-bond acceptors (Lipinski definition) is 4. The monoisotopic (exact) mass is 264 g/mol. The first kappa shape index (κ1) is 12.6. The molecule has 19 heavy (non-hydrogen) atoms. The van der Waals surface area contributed by atoms with Gasteiger partial charge in [0.15, 0.2) is 0 Å². The van der Waals surface area contributed by atoms with Gasteiger partial charge in [-0.1, -0.05) is 0 Å². The largest absolute Gasteiger partial charge is 0.459 e. The van der Waals surface area contributed by atoms with E-state index in [-0.39, 0.29) is 18.0 Å². The summed E-state index contributed by atoms with van der Waals surface area (Å²) in [5, 5.41) is 0.731. The quantitative estimate of drug-likeness (QED) is 0.900. The molecule has 0 aliphatic carbocycles. The van der Waals surface area contributed by atoms with E-state index in [1.165, 1.54) is 12.1 Å². The maximum absolute atomic E-state index is 13.1. The molecule has 3 rings (SSSR count). The van der Waals surface area contributed by atoms with Gasteiger partial charge in [-0.3, -0.25) is 0 Å². The van der Waals surface area contributed by atoms with Crippen molar-refractivity contribution in [2.75, 3.05) is 26.7 Å². The van der Waals surface area contributed by atoms with Gasteiger partial charge in [-0.25, -0.2) is 4.39 Å². The Morgan fingerprint density at radius 1 is 1.42 bits per heavy atom. The molecule has 1 saturated heterocycles. The van der Waals surface area contributed by atoms with E-state index in [9.17, 15) is 4.39 Å². The number of likely N-dealkylation sites (N-methyl/N-ethyl adjacent to an activating group) is 1. The maximum Gasteiger partial charge on any atom is 0.134 e. The molecule has 0 saturated carbocycles. The van der Waals surface area contributed by atoms with Crippen molar-refractivity contribution in [2.45, 2.75) is 12.1 Å². The molecular formula is C14H17FN2O2. The molecule has 0 amide bonds. The van der Waals surface area contributed by atoms with E-state index in [1.54, 1.807) is 12.1 Å². The zero-order valence-electron chi connectivity index (χ0n) is 10.8. The van der Waals surface area contributed by atoms with E-state index >= 15 is 0 Å². The van der Waals surface area contributed by atoms with Crippen LogP contribution in [0, 0.1) is 5.82 Å². The Labute approximate surface area is 110 Å². The van der Waals surface area contributed by atoms with Gasteiger partial charge in [-0.05, 0) is 31.3 Å². The number of nitrogens with zero attached hydrogens (tertiary/aromatic N) is 1. The maximum atomic E-state index is 13.1. The average Bonchev–Trinajstić information content (AvgIpc) is 2.80. The highest BCUT2D eigenvalue weighted by Gasteiger charge is 2.27. The number of nitrogens with two attached hydrogens (primary N) is 1. The lowest BCUT2D eigenvalue weighted by Gasteiger charge is -2.32. The van der Waals surface area contributed by atoms with Gasteiger partial charge in [0.1, 0.15) is 17.2 Å². The number of halogens is 1. The van der Waals surface area contributed by atoms with Crippen LogP contribution in [0.5, 0.6) is 0 Å². The highest BCUT2D eigenvalue weighted by molar-refractivity contribution is 5.78. The first-order valence-electron chi connectivity index (χ1n) is 6.38. The molecule has 0 radical (unpaired) electrons. The molecule has 2 atom stereocenters. The highest BCUT2D eigenvalue weighted by Crippen LogP contribution is 2.27. The normalized spacial score (nSPS) is 22.8. The molecule has 102 valence electrons. The van der Waals surface area contributed by atoms with Gasteiger partial charge in [0.25, 0.3) is 0 Å². The van der Waals surface area contributed by atoms with Crippen LogP contribution >= 0.6 is 0 Å². The van der Waals surface area contributed by atoms with Gasteiger partial charge in [0, 0.05) is 18.5 Å². The van der Waals surface area contributed by atoms with E-state index in [0.29, 0.717) is 18.0 Å². The van der Waals surface area contributed by atoms with Gasteiger partial charge in [0.2, 0.25) is 0 Å². The SMILES string of the molecule is CN1CCOC(C(N)c2cc3cc(F)ccc3o2)C1. The second-order valence-corrected chi connectivity index (χ2v) is 5.03. The van der Waals surface area contributed by atoms with Crippen LogP contribution in [0.15, 0.2) is 28.7 Å². The molecule has 1 aliphatic rings. The average molecular weight is 264 g/mol. The number of ether oxygens (including phenoxy) is 1. The molecule has 1 aromatic carbocycles. The molecule has 2 heterocycles. The Balaban J connectivity index is 1.86. The smallest absolute Gasteiger partial charge is 0.134 e. The minimum atomic E-state index is -0.335. The standard InChI is InChI=1S/C14H17FN2O2/c1-17-4-5-18-13(8-17)14(16)12-7-9-6-10(15)2-3-11(9)19-12/h2-3,6-7,13-14H,4-5,8,16H2,1H3. The third-order valence-electron chi connectivity index (χ3n) is 3.52. The highest BCUT2D eigenvalue weighted by atomic mass is 19.1. The molecule has 2 N–H and O–H groups in total. The zero-order chi connectivity index (χ0) is 13.4. The van der Waals surface area contributed by atoms with Crippen LogP contribution in [0.2, 0.25) is 0 Å². The first-order chi connectivity index (χ1) is 9.13. The van der Waals surface area contributed by atoms with E-state index in [1.807, 2.05) is 7.05 Å². The summed E-state index contributed by atoms with van der Waals surface area (Å²) in [5.74, 6) is 0.364. The summed E-state index contributed by atoms with van der Waals surface area (Å²) < 4.78 is 24.5. The number of fused-ring (bicyclic) bond motifs is 1. The molecule has 4 nitrogen and oxygen atoms in total. The van der Waals surface area contributed by atoms with Gasteiger partial charge in [-0.2, -0.15) is 0 Å². The predicted molar refractivity (Wildman–Crippen MR) is 70.3 cm³/mol. The van der Waals surface area contributed by atoms with Gasteiger partial charge < -0.3 is 19.8 Å². The van der Waals surface area contributed by atoms with Crippen molar-refractivity contribution < 1.29 is 13.5 Å². The van der Waals surface area contributed by atoms with Crippen molar-refractivity contribution in [2.24, 2.45) is 5.73 Å². The van der Waals surface area contributed by atoms with Gasteiger partial charge in [-0.15, -0.1) is 0 Å². The summed E-state index contributed by atoms with van der Waals surface area (Å²) in [6.45, 7) is 2.35. The third kappa shape index (κ3) is 2.49. The second-order valence-electron chi connectivity index (χ2n) is 5.03. The molecule has 1 aromatic heterocycles. The fraction of sp³-hybridized carbons (Fsp3) is 0.429. The molecule has 0 bridgehead atoms. The topological polar surface area (TPSA) is 51.6 Å². The Morgan fingerprint density at radius 3 is 3.05 bits per heavy atom. The molecular weight excluding hydrogens is 247 g/mol. The minimum absolute atomic E-state index is 0.0934. The van der Waals surface area contributed by atoms with Crippen molar-refractivity contribution in [3.63, 3.8) is 0 Å². The lowest BCUT2D eigenvalue weighted by molar-refractivity contribution is -0.0354. The Morgan fingerprint density at radius 2 is 2.26 bits per heavy atom. The number of rotatable bonds is 2. The zero-order valence-corrected chi connectivity index (χ0v) is 10.8. The van der Waals surface area contributed by atoms with Gasteiger partial charge in [0.05, 0.1) is 18.8 Å². The number of hydrogen-bond donors (Lipinski definition) is 1. The minimum Gasteiger partial charge on any atom is -0.459 e. The van der Waals surface area contributed by atoms with Crippen molar-refractivity contribution >= 4 is 11.0 Å². The van der Waals surface area contributed by atoms with E-state index in [0.717, 1.165) is 18.5 Å². The lowest BCUT2D eigenvalue weighted by Crippen LogP contribution is -2.45. The summed E-state index contributed by atoms with van der Waals surface area (Å²) in [6.07, 6.45) is -0.0934. The number of benzene rings is 1. The molecule has 0 spiro atoms. The fourth-order valence-corrected chi connectivity index (χ4v) is 2.41. The summed E-state index contributed by atoms with van der Waals surface area (Å²) in [6, 6.07) is 5.91. The second kappa shape index (κ2) is 4.92. The Kier molecular flexibility index (Phi) is 3.26. The molecule has 2 unspecified atom stereocenters. The number of furan rings is 1. The van der Waals surface area contributed by atoms with Crippen LogP contribution in [0.4, 0.5) is 4.39 Å². The third-order valence-corrected chi connectivity index (χ3v) is 3.52. The van der Waals surface area contributed by atoms with E-state index in [4.69, 9.17) is 14.9 Å². The summed E-state index contributed by atoms with van der Waals surface area (Å²) in [4.78, 5) is 2.18. The number of morpholine rings is 1. The Bertz CT molecular complexity index is 584. The van der Waals surface area contributed by atoms with Crippen LogP contribution in [-0.4, -0.2) is 37.7 Å². The van der Waals surface area contributed by atoms with Crippen LogP contribution in [0.25, 0.3) is 11.0 Å². The van der Waals surface area contributed by atoms with Crippen molar-refractivity contribution in [1.29, 1.82) is 0 Å². The lowest BCUT2D eigenvalue weighted by atomic mass is 10.1. The molecule has 1 fully saturated rings. The van der Waals surface area contributed by atoms with E-state index in [2.05, 4.69) is 4.90 Å². The Hall–Kier alpha value is -1.43. The molecule has 5 heteroatoms. The van der Waals surface area contributed by atoms with Crippen LogP contribution in [0.3, 0.4) is 0 Å². The van der Waals surface area contributed by atoms with E-state index < -0.39 is 0 Å². The predicted octanol–water partition coefficient (Wildman–Crippen LogP) is 1.90. The van der Waals surface area contributed by atoms with Crippen molar-refractivity contribution in [1.82, 2.24) is 4.90 Å².